The molecule has 2 aromatic carbocycles. The zero-order chi connectivity index (χ0) is 25.5. The van der Waals surface area contributed by atoms with Crippen LogP contribution in [0.2, 0.25) is 0 Å². The molecule has 0 radical (unpaired) electrons. The predicted molar refractivity (Wildman–Crippen MR) is 128 cm³/mol. The van der Waals surface area contributed by atoms with Gasteiger partial charge in [-0.15, -0.1) is 0 Å². The number of halogens is 2. The fraction of sp³-hybridized carbons (Fsp3) is 0.269. The number of nitrogens with one attached hydrogen (secondary N) is 2. The molecule has 0 aliphatic heterocycles. The predicted octanol–water partition coefficient (Wildman–Crippen LogP) is 4.34. The van der Waals surface area contributed by atoms with E-state index in [1.54, 1.807) is 37.3 Å². The fourth-order valence-electron chi connectivity index (χ4n) is 4.61. The van der Waals surface area contributed by atoms with Crippen LogP contribution in [0.4, 0.5) is 19.3 Å². The molecule has 2 atom stereocenters. The van der Waals surface area contributed by atoms with Crippen LogP contribution in [0.1, 0.15) is 53.5 Å². The fourth-order valence-corrected chi connectivity index (χ4v) is 4.61. The Morgan fingerprint density at radius 2 is 1.77 bits per heavy atom. The van der Waals surface area contributed by atoms with Crippen molar-refractivity contribution in [2.24, 2.45) is 5.73 Å². The van der Waals surface area contributed by atoms with Crippen molar-refractivity contribution in [2.45, 2.75) is 44.8 Å². The third-order valence-corrected chi connectivity index (χ3v) is 6.29. The number of amides is 3. The molecule has 0 spiro atoms. The second-order valence-corrected chi connectivity index (χ2v) is 9.37. The van der Waals surface area contributed by atoms with E-state index in [9.17, 15) is 23.5 Å². The van der Waals surface area contributed by atoms with Crippen molar-refractivity contribution >= 4 is 17.6 Å². The average molecular weight is 481 g/mol. The quantitative estimate of drug-likeness (QED) is 0.444. The normalized spacial score (nSPS) is 18.5. The molecule has 0 saturated carbocycles. The van der Waals surface area contributed by atoms with Crippen molar-refractivity contribution in [2.75, 3.05) is 5.32 Å². The summed E-state index contributed by atoms with van der Waals surface area (Å²) >= 11 is 0. The molecule has 0 fully saturated rings. The Labute approximate surface area is 201 Å². The smallest absolute Gasteiger partial charge is 0.319 e. The highest BCUT2D eigenvalue weighted by molar-refractivity contribution is 5.97. The largest absolute Gasteiger partial charge is 0.391 e. The van der Waals surface area contributed by atoms with Gasteiger partial charge in [0.15, 0.2) is 11.6 Å². The molecule has 3 amide bonds. The van der Waals surface area contributed by atoms with Crippen LogP contribution >= 0.6 is 0 Å². The number of primary amides is 1. The van der Waals surface area contributed by atoms with E-state index in [1.807, 2.05) is 19.9 Å². The lowest BCUT2D eigenvalue weighted by Crippen LogP contribution is -2.45. The van der Waals surface area contributed by atoms with Crippen molar-refractivity contribution in [1.29, 1.82) is 0 Å². The van der Waals surface area contributed by atoms with Crippen molar-refractivity contribution < 1.29 is 23.5 Å². The number of benzene rings is 2. The number of aryl methyl sites for hydroxylation is 1. The third-order valence-electron chi connectivity index (χ3n) is 6.29. The molecule has 9 heteroatoms. The Morgan fingerprint density at radius 1 is 1.11 bits per heavy atom. The van der Waals surface area contributed by atoms with Gasteiger partial charge in [-0.2, -0.15) is 0 Å². The highest BCUT2D eigenvalue weighted by atomic mass is 19.2. The zero-order valence-corrected chi connectivity index (χ0v) is 19.5. The van der Waals surface area contributed by atoms with Gasteiger partial charge < -0.3 is 21.5 Å². The van der Waals surface area contributed by atoms with Gasteiger partial charge in [0.1, 0.15) is 5.69 Å². The van der Waals surface area contributed by atoms with Gasteiger partial charge in [0.25, 0.3) is 5.91 Å². The molecule has 3 aromatic rings. The van der Waals surface area contributed by atoms with Crippen LogP contribution in [0.15, 0.2) is 48.5 Å². The summed E-state index contributed by atoms with van der Waals surface area (Å²) in [5, 5.41) is 16.2. The van der Waals surface area contributed by atoms with Gasteiger partial charge in [0.2, 0.25) is 0 Å². The number of fused-ring (bicyclic) bond motifs is 1. The molecule has 1 aliphatic carbocycles. The molecule has 182 valence electrons. The molecule has 4 rings (SSSR count). The van der Waals surface area contributed by atoms with Crippen molar-refractivity contribution in [3.63, 3.8) is 0 Å². The maximum atomic E-state index is 14.1. The number of urea groups is 1. The van der Waals surface area contributed by atoms with Gasteiger partial charge >= 0.3 is 6.03 Å². The van der Waals surface area contributed by atoms with Crippen LogP contribution in [0.25, 0.3) is 11.3 Å². The number of nitrogens with zero attached hydrogens (tertiary/aromatic N) is 1. The van der Waals surface area contributed by atoms with E-state index in [0.29, 0.717) is 33.6 Å². The molecule has 0 bridgehead atoms. The van der Waals surface area contributed by atoms with Gasteiger partial charge in [-0.3, -0.25) is 4.79 Å². The van der Waals surface area contributed by atoms with Crippen LogP contribution in [0, 0.1) is 18.6 Å². The summed E-state index contributed by atoms with van der Waals surface area (Å²) in [6.07, 6.45) is -0.794. The summed E-state index contributed by atoms with van der Waals surface area (Å²) in [7, 11) is 0. The standard InChI is InChI=1S/C26H26F2N4O3/c1-13-9-19(22(31-21(13)24(29)34)14-7-5-4-6-8-14)30-25(35)32-23-15-10-17(27)18(28)11-16(15)26(2,3)12-20(23)33/h4-11,20,23,33H,12H2,1-3H3,(H2,29,34)(H2,30,32,35)/t20-,23-/m1/s1. The first-order valence-corrected chi connectivity index (χ1v) is 11.1. The van der Waals surface area contributed by atoms with E-state index in [4.69, 9.17) is 5.73 Å². The van der Waals surface area contributed by atoms with Gasteiger partial charge in [0, 0.05) is 5.56 Å². The Morgan fingerprint density at radius 3 is 2.43 bits per heavy atom. The lowest BCUT2D eigenvalue weighted by Gasteiger charge is -2.40. The average Bonchev–Trinajstić information content (AvgIpc) is 2.78. The SMILES string of the molecule is Cc1cc(NC(=O)N[C@@H]2c3cc(F)c(F)cc3C(C)(C)C[C@H]2O)c(-c2ccccc2)nc1C(N)=O. The van der Waals surface area contributed by atoms with Gasteiger partial charge in [-0.05, 0) is 53.6 Å². The summed E-state index contributed by atoms with van der Waals surface area (Å²) < 4.78 is 28.1. The van der Waals surface area contributed by atoms with Crippen LogP contribution in [0.5, 0.6) is 0 Å². The minimum atomic E-state index is -1.06. The van der Waals surface area contributed by atoms with Crippen LogP contribution in [-0.2, 0) is 5.41 Å². The van der Waals surface area contributed by atoms with Crippen molar-refractivity contribution in [3.05, 3.63) is 82.5 Å². The van der Waals surface area contributed by atoms with E-state index >= 15 is 0 Å². The first-order chi connectivity index (χ1) is 16.5. The summed E-state index contributed by atoms with van der Waals surface area (Å²) in [4.78, 5) is 29.3. The summed E-state index contributed by atoms with van der Waals surface area (Å²) in [6, 6.07) is 11.0. The maximum absolute atomic E-state index is 14.1. The molecule has 7 nitrogen and oxygen atoms in total. The minimum Gasteiger partial charge on any atom is -0.391 e. The second kappa shape index (κ2) is 9.07. The van der Waals surface area contributed by atoms with E-state index in [1.165, 1.54) is 0 Å². The van der Waals surface area contributed by atoms with Crippen LogP contribution in [0.3, 0.4) is 0 Å². The highest BCUT2D eigenvalue weighted by Gasteiger charge is 2.40. The number of aliphatic hydroxyl groups excluding tert-OH is 1. The van der Waals surface area contributed by atoms with E-state index in [-0.39, 0.29) is 12.1 Å². The van der Waals surface area contributed by atoms with E-state index < -0.39 is 41.1 Å². The Hall–Kier alpha value is -3.85. The number of aliphatic hydroxyl groups is 1. The molecule has 0 unspecified atom stereocenters. The number of nitrogens with two attached hydrogens (primary N) is 1. The Balaban J connectivity index is 1.68. The van der Waals surface area contributed by atoms with Gasteiger partial charge in [-0.1, -0.05) is 44.2 Å². The Bertz CT molecular complexity index is 1310. The lowest BCUT2D eigenvalue weighted by molar-refractivity contribution is 0.0878. The summed E-state index contributed by atoms with van der Waals surface area (Å²) in [5.74, 6) is -2.75. The van der Waals surface area contributed by atoms with E-state index in [0.717, 1.165) is 12.1 Å². The van der Waals surface area contributed by atoms with Crippen LogP contribution in [-0.4, -0.2) is 28.1 Å². The molecular formula is C26H26F2N4O3. The highest BCUT2D eigenvalue weighted by Crippen LogP contribution is 2.42. The minimum absolute atomic E-state index is 0.0752. The zero-order valence-electron chi connectivity index (χ0n) is 19.5. The molecule has 1 aromatic heterocycles. The number of aromatic nitrogens is 1. The number of carbonyl (C=O) groups excluding carboxylic acids is 2. The van der Waals surface area contributed by atoms with Gasteiger partial charge in [0.05, 0.1) is 23.5 Å². The van der Waals surface area contributed by atoms with Crippen LogP contribution < -0.4 is 16.4 Å². The molecule has 1 aliphatic rings. The number of anilines is 1. The van der Waals surface area contributed by atoms with E-state index in [2.05, 4.69) is 15.6 Å². The third kappa shape index (κ3) is 4.72. The Kier molecular flexibility index (Phi) is 6.29. The topological polar surface area (TPSA) is 117 Å². The van der Waals surface area contributed by atoms with Crippen molar-refractivity contribution in [3.8, 4) is 11.3 Å². The number of pyridine rings is 1. The monoisotopic (exact) mass is 480 g/mol. The second-order valence-electron chi connectivity index (χ2n) is 9.37. The number of carbonyl (C=O) groups is 2. The molecule has 35 heavy (non-hydrogen) atoms. The molecule has 0 saturated heterocycles. The first kappa shape index (κ1) is 24.3. The van der Waals surface area contributed by atoms with Crippen molar-refractivity contribution in [1.82, 2.24) is 10.3 Å². The first-order valence-electron chi connectivity index (χ1n) is 11.1. The van der Waals surface area contributed by atoms with Gasteiger partial charge in [-0.25, -0.2) is 18.6 Å². The molecular weight excluding hydrogens is 454 g/mol. The number of hydrogen-bond donors (Lipinski definition) is 4. The number of rotatable bonds is 4. The molecule has 5 N–H and O–H groups in total. The molecule has 1 heterocycles. The number of hydrogen-bond acceptors (Lipinski definition) is 4. The lowest BCUT2D eigenvalue weighted by atomic mass is 9.69. The summed E-state index contributed by atoms with van der Waals surface area (Å²) in [6.45, 7) is 5.29. The summed E-state index contributed by atoms with van der Waals surface area (Å²) in [5.41, 5.74) is 7.49. The maximum Gasteiger partial charge on any atom is 0.319 e.